The average Bonchev–Trinajstić information content (AvgIpc) is 3.17. The van der Waals surface area contributed by atoms with Crippen molar-refractivity contribution in [2.24, 2.45) is 0 Å². The van der Waals surface area contributed by atoms with Crippen LogP contribution in [0.3, 0.4) is 0 Å². The number of hydrogen-bond acceptors (Lipinski definition) is 6. The lowest BCUT2D eigenvalue weighted by molar-refractivity contribution is -0.141. The molecule has 0 amide bonds. The molecule has 0 bridgehead atoms. The van der Waals surface area contributed by atoms with Crippen LogP contribution in [0, 0.1) is 0 Å². The van der Waals surface area contributed by atoms with Crippen molar-refractivity contribution in [1.82, 2.24) is 19.5 Å². The molecular formula is C13H15N5O2. The summed E-state index contributed by atoms with van der Waals surface area (Å²) in [5.41, 5.74) is 0. The van der Waals surface area contributed by atoms with E-state index in [4.69, 9.17) is 4.74 Å². The van der Waals surface area contributed by atoms with Gasteiger partial charge in [-0.2, -0.15) is 4.98 Å². The Labute approximate surface area is 116 Å². The number of imidazole rings is 1. The fourth-order valence-electron chi connectivity index (χ4n) is 2.42. The summed E-state index contributed by atoms with van der Waals surface area (Å²) in [7, 11) is 1.41. The number of esters is 1. The molecular weight excluding hydrogens is 258 g/mol. The maximum Gasteiger partial charge on any atom is 0.328 e. The van der Waals surface area contributed by atoms with Crippen LogP contribution in [-0.2, 0) is 9.53 Å². The molecule has 1 saturated heterocycles. The summed E-state index contributed by atoms with van der Waals surface area (Å²) in [6.07, 6.45) is 8.51. The molecule has 0 aliphatic carbocycles. The van der Waals surface area contributed by atoms with Gasteiger partial charge in [0, 0.05) is 25.1 Å². The molecule has 104 valence electrons. The van der Waals surface area contributed by atoms with E-state index in [1.165, 1.54) is 7.11 Å². The van der Waals surface area contributed by atoms with Crippen LogP contribution in [0.5, 0.6) is 0 Å². The Kier molecular flexibility index (Phi) is 3.32. The Bertz CT molecular complexity index is 599. The Hall–Kier alpha value is -2.44. The van der Waals surface area contributed by atoms with Gasteiger partial charge in [-0.25, -0.2) is 14.8 Å². The van der Waals surface area contributed by atoms with Gasteiger partial charge in [0.25, 0.3) is 0 Å². The van der Waals surface area contributed by atoms with Gasteiger partial charge in [-0.15, -0.1) is 0 Å². The number of ether oxygens (including phenoxy) is 1. The van der Waals surface area contributed by atoms with Gasteiger partial charge >= 0.3 is 5.97 Å². The van der Waals surface area contributed by atoms with Gasteiger partial charge in [-0.1, -0.05) is 0 Å². The van der Waals surface area contributed by atoms with E-state index in [9.17, 15) is 4.79 Å². The number of anilines is 1. The van der Waals surface area contributed by atoms with Gasteiger partial charge in [0.15, 0.2) is 0 Å². The van der Waals surface area contributed by atoms with E-state index in [1.807, 2.05) is 11.0 Å². The Morgan fingerprint density at radius 3 is 3.10 bits per heavy atom. The van der Waals surface area contributed by atoms with Crippen LogP contribution < -0.4 is 4.90 Å². The zero-order chi connectivity index (χ0) is 13.9. The van der Waals surface area contributed by atoms with Crippen molar-refractivity contribution in [3.05, 3.63) is 31.0 Å². The predicted octanol–water partition coefficient (Wildman–Crippen LogP) is 0.804. The molecule has 7 nitrogen and oxygen atoms in total. The first-order chi connectivity index (χ1) is 9.79. The van der Waals surface area contributed by atoms with Crippen molar-refractivity contribution in [1.29, 1.82) is 0 Å². The molecule has 3 rings (SSSR count). The zero-order valence-electron chi connectivity index (χ0n) is 11.1. The number of hydrogen-bond donors (Lipinski definition) is 0. The highest BCUT2D eigenvalue weighted by molar-refractivity contribution is 5.80. The number of carbonyl (C=O) groups excluding carboxylic acids is 1. The van der Waals surface area contributed by atoms with Crippen molar-refractivity contribution in [2.45, 2.75) is 18.9 Å². The van der Waals surface area contributed by atoms with Crippen LogP contribution in [0.2, 0.25) is 0 Å². The van der Waals surface area contributed by atoms with Crippen LogP contribution in [0.15, 0.2) is 31.0 Å². The lowest BCUT2D eigenvalue weighted by atomic mass is 10.2. The number of aromatic nitrogens is 4. The third-order valence-corrected chi connectivity index (χ3v) is 3.38. The molecule has 0 saturated carbocycles. The van der Waals surface area contributed by atoms with Crippen LogP contribution in [0.25, 0.3) is 5.95 Å². The monoisotopic (exact) mass is 273 g/mol. The maximum absolute atomic E-state index is 11.8. The second kappa shape index (κ2) is 5.28. The molecule has 2 aromatic heterocycles. The topological polar surface area (TPSA) is 73.1 Å². The van der Waals surface area contributed by atoms with E-state index in [0.717, 1.165) is 25.2 Å². The minimum absolute atomic E-state index is 0.217. The fourth-order valence-corrected chi connectivity index (χ4v) is 2.42. The standard InChI is InChI=1S/C13H15N5O2/c1-20-12(19)10-3-2-7-18(10)11-4-5-15-13(16-11)17-8-6-14-9-17/h4-6,8-10H,2-3,7H2,1H3/t10-/m1/s1. The van der Waals surface area contributed by atoms with Gasteiger partial charge in [0.1, 0.15) is 18.2 Å². The normalized spacial score (nSPS) is 18.2. The molecule has 0 radical (unpaired) electrons. The molecule has 7 heteroatoms. The van der Waals surface area contributed by atoms with Crippen LogP contribution in [0.1, 0.15) is 12.8 Å². The van der Waals surface area contributed by atoms with Crippen LogP contribution in [-0.4, -0.2) is 45.2 Å². The molecule has 1 fully saturated rings. The van der Waals surface area contributed by atoms with Gasteiger partial charge < -0.3 is 9.64 Å². The summed E-state index contributed by atoms with van der Waals surface area (Å²) < 4.78 is 6.58. The minimum Gasteiger partial charge on any atom is -0.467 e. The van der Waals surface area contributed by atoms with Crippen LogP contribution in [0.4, 0.5) is 5.82 Å². The number of nitrogens with zero attached hydrogens (tertiary/aromatic N) is 5. The predicted molar refractivity (Wildman–Crippen MR) is 71.5 cm³/mol. The van der Waals surface area contributed by atoms with E-state index >= 15 is 0 Å². The van der Waals surface area contributed by atoms with Gasteiger partial charge in [0.2, 0.25) is 5.95 Å². The number of methoxy groups -OCH3 is 1. The van der Waals surface area contributed by atoms with Crippen molar-refractivity contribution >= 4 is 11.8 Å². The highest BCUT2D eigenvalue weighted by atomic mass is 16.5. The molecule has 0 N–H and O–H groups in total. The third-order valence-electron chi connectivity index (χ3n) is 3.38. The van der Waals surface area contributed by atoms with Crippen molar-refractivity contribution < 1.29 is 9.53 Å². The highest BCUT2D eigenvalue weighted by Gasteiger charge is 2.32. The lowest BCUT2D eigenvalue weighted by Gasteiger charge is -2.23. The van der Waals surface area contributed by atoms with E-state index in [1.54, 1.807) is 29.5 Å². The molecule has 0 unspecified atom stereocenters. The van der Waals surface area contributed by atoms with E-state index < -0.39 is 0 Å². The van der Waals surface area contributed by atoms with Gasteiger partial charge in [0.05, 0.1) is 7.11 Å². The van der Waals surface area contributed by atoms with Crippen molar-refractivity contribution in [2.75, 3.05) is 18.6 Å². The summed E-state index contributed by atoms with van der Waals surface area (Å²) >= 11 is 0. The first-order valence-corrected chi connectivity index (χ1v) is 6.45. The molecule has 0 spiro atoms. The summed E-state index contributed by atoms with van der Waals surface area (Å²) in [5, 5.41) is 0. The lowest BCUT2D eigenvalue weighted by Crippen LogP contribution is -2.37. The summed E-state index contributed by atoms with van der Waals surface area (Å²) in [5.74, 6) is 1.05. The Morgan fingerprint density at radius 2 is 2.35 bits per heavy atom. The first kappa shape index (κ1) is 12.6. The maximum atomic E-state index is 11.8. The highest BCUT2D eigenvalue weighted by Crippen LogP contribution is 2.24. The Morgan fingerprint density at radius 1 is 1.45 bits per heavy atom. The SMILES string of the molecule is COC(=O)[C@H]1CCCN1c1ccnc(-n2ccnc2)n1. The van der Waals surface area contributed by atoms with Gasteiger partial charge in [-0.3, -0.25) is 4.57 Å². The van der Waals surface area contributed by atoms with E-state index in [-0.39, 0.29) is 12.0 Å². The second-order valence-corrected chi connectivity index (χ2v) is 4.56. The van der Waals surface area contributed by atoms with E-state index in [0.29, 0.717) is 5.95 Å². The third kappa shape index (κ3) is 2.22. The average molecular weight is 273 g/mol. The number of rotatable bonds is 3. The largest absolute Gasteiger partial charge is 0.467 e. The quantitative estimate of drug-likeness (QED) is 0.770. The second-order valence-electron chi connectivity index (χ2n) is 4.56. The van der Waals surface area contributed by atoms with Crippen LogP contribution >= 0.6 is 0 Å². The zero-order valence-corrected chi connectivity index (χ0v) is 11.1. The van der Waals surface area contributed by atoms with Crippen molar-refractivity contribution in [3.8, 4) is 5.95 Å². The fraction of sp³-hybridized carbons (Fsp3) is 0.385. The molecule has 1 aliphatic rings. The Balaban J connectivity index is 1.90. The van der Waals surface area contributed by atoms with Crippen molar-refractivity contribution in [3.63, 3.8) is 0 Å². The van der Waals surface area contributed by atoms with Gasteiger partial charge in [-0.05, 0) is 18.9 Å². The number of carbonyl (C=O) groups is 1. The summed E-state index contributed by atoms with van der Waals surface area (Å²) in [6, 6.07) is 1.55. The molecule has 1 aliphatic heterocycles. The summed E-state index contributed by atoms with van der Waals surface area (Å²) in [6.45, 7) is 0.792. The minimum atomic E-state index is -0.259. The summed E-state index contributed by atoms with van der Waals surface area (Å²) in [4.78, 5) is 26.4. The molecule has 3 heterocycles. The molecule has 0 aromatic carbocycles. The first-order valence-electron chi connectivity index (χ1n) is 6.45. The van der Waals surface area contributed by atoms with E-state index in [2.05, 4.69) is 15.0 Å². The smallest absolute Gasteiger partial charge is 0.328 e. The molecule has 20 heavy (non-hydrogen) atoms. The molecule has 2 aromatic rings. The molecule has 1 atom stereocenters.